The Labute approximate surface area is 119 Å². The molecule has 1 rings (SSSR count). The lowest BCUT2D eigenvalue weighted by atomic mass is 10.1. The van der Waals surface area contributed by atoms with Gasteiger partial charge in [0.05, 0.1) is 6.10 Å². The summed E-state index contributed by atoms with van der Waals surface area (Å²) < 4.78 is 13.4. The summed E-state index contributed by atoms with van der Waals surface area (Å²) >= 11 is 0. The molecule has 0 aromatic heterocycles. The van der Waals surface area contributed by atoms with Gasteiger partial charge in [0, 0.05) is 18.5 Å². The lowest BCUT2D eigenvalue weighted by molar-refractivity contribution is -0.121. The van der Waals surface area contributed by atoms with Crippen LogP contribution in [0.5, 0.6) is 0 Å². The van der Waals surface area contributed by atoms with Crippen LogP contribution >= 0.6 is 0 Å². The molecule has 0 aliphatic heterocycles. The van der Waals surface area contributed by atoms with Gasteiger partial charge in [-0.05, 0) is 25.5 Å². The highest BCUT2D eigenvalue weighted by atomic mass is 19.1. The minimum atomic E-state index is -1.02. The average molecular weight is 282 g/mol. The van der Waals surface area contributed by atoms with Gasteiger partial charge in [-0.3, -0.25) is 4.79 Å². The molecule has 1 aromatic rings. The Morgan fingerprint density at radius 3 is 2.65 bits per heavy atom. The molecule has 4 nitrogen and oxygen atoms in total. The highest BCUT2D eigenvalue weighted by Gasteiger charge is 2.12. The molecule has 0 fully saturated rings. The molecule has 0 saturated carbocycles. The van der Waals surface area contributed by atoms with Crippen molar-refractivity contribution in [1.29, 1.82) is 0 Å². The smallest absolute Gasteiger partial charge is 0.220 e. The van der Waals surface area contributed by atoms with Crippen LogP contribution in [0.15, 0.2) is 24.3 Å². The fourth-order valence-electron chi connectivity index (χ4n) is 1.94. The summed E-state index contributed by atoms with van der Waals surface area (Å²) in [4.78, 5) is 11.6. The zero-order chi connectivity index (χ0) is 14.8. The number of hydrogen-bond acceptors (Lipinski definition) is 3. The molecule has 0 spiro atoms. The van der Waals surface area contributed by atoms with Crippen LogP contribution in [-0.2, 0) is 4.79 Å². The van der Waals surface area contributed by atoms with Crippen LogP contribution in [0.4, 0.5) is 4.39 Å². The standard InChI is InChI=1S/C15H23FN2O2/c16-13-8-5-4-7-12(13)14(19)11-18-15(20)9-3-1-2-6-10-17/h4-5,7-8,14,19H,1-3,6,9-11,17H2,(H,18,20). The number of nitrogens with two attached hydrogens (primary N) is 1. The minimum Gasteiger partial charge on any atom is -0.386 e. The van der Waals surface area contributed by atoms with Gasteiger partial charge >= 0.3 is 0 Å². The minimum absolute atomic E-state index is 0.0303. The molecule has 0 radical (unpaired) electrons. The molecular weight excluding hydrogens is 259 g/mol. The van der Waals surface area contributed by atoms with Crippen molar-refractivity contribution < 1.29 is 14.3 Å². The van der Waals surface area contributed by atoms with Gasteiger partial charge in [-0.1, -0.05) is 31.0 Å². The largest absolute Gasteiger partial charge is 0.386 e. The maximum Gasteiger partial charge on any atom is 0.220 e. The van der Waals surface area contributed by atoms with E-state index in [2.05, 4.69) is 5.32 Å². The van der Waals surface area contributed by atoms with Crippen molar-refractivity contribution in [3.63, 3.8) is 0 Å². The van der Waals surface area contributed by atoms with Crippen molar-refractivity contribution in [3.8, 4) is 0 Å². The first-order valence-electron chi connectivity index (χ1n) is 7.04. The van der Waals surface area contributed by atoms with E-state index in [0.29, 0.717) is 13.0 Å². The lowest BCUT2D eigenvalue weighted by Crippen LogP contribution is -2.28. The second-order valence-corrected chi connectivity index (χ2v) is 4.79. The first-order chi connectivity index (χ1) is 9.65. The number of aliphatic hydroxyl groups is 1. The van der Waals surface area contributed by atoms with Crippen LogP contribution in [0.3, 0.4) is 0 Å². The molecule has 1 unspecified atom stereocenters. The molecule has 0 bridgehead atoms. The lowest BCUT2D eigenvalue weighted by Gasteiger charge is -2.13. The summed E-state index contributed by atoms with van der Waals surface area (Å²) in [6.45, 7) is 0.712. The van der Waals surface area contributed by atoms with Crippen molar-refractivity contribution in [2.24, 2.45) is 5.73 Å². The molecule has 0 saturated heterocycles. The van der Waals surface area contributed by atoms with E-state index in [-0.39, 0.29) is 18.0 Å². The summed E-state index contributed by atoms with van der Waals surface area (Å²) in [5.74, 6) is -0.579. The third kappa shape index (κ3) is 6.12. The number of hydrogen-bond donors (Lipinski definition) is 3. The van der Waals surface area contributed by atoms with E-state index >= 15 is 0 Å². The normalized spacial score (nSPS) is 12.2. The van der Waals surface area contributed by atoms with E-state index in [1.807, 2.05) is 0 Å². The summed E-state index contributed by atoms with van der Waals surface area (Å²) in [5, 5.41) is 12.4. The molecule has 1 amide bonds. The first-order valence-corrected chi connectivity index (χ1v) is 7.04. The zero-order valence-electron chi connectivity index (χ0n) is 11.6. The summed E-state index contributed by atoms with van der Waals surface area (Å²) in [7, 11) is 0. The van der Waals surface area contributed by atoms with Crippen LogP contribution in [-0.4, -0.2) is 24.1 Å². The van der Waals surface area contributed by atoms with Crippen molar-refractivity contribution >= 4 is 5.91 Å². The number of halogens is 1. The zero-order valence-corrected chi connectivity index (χ0v) is 11.6. The molecule has 20 heavy (non-hydrogen) atoms. The maximum absolute atomic E-state index is 13.4. The van der Waals surface area contributed by atoms with Crippen LogP contribution in [0.2, 0.25) is 0 Å². The third-order valence-electron chi connectivity index (χ3n) is 3.11. The van der Waals surface area contributed by atoms with Gasteiger partial charge in [0.15, 0.2) is 0 Å². The number of rotatable bonds is 9. The molecule has 1 atom stereocenters. The highest BCUT2D eigenvalue weighted by Crippen LogP contribution is 2.15. The Morgan fingerprint density at radius 1 is 1.25 bits per heavy atom. The Kier molecular flexibility index (Phi) is 7.84. The summed E-state index contributed by atoms with van der Waals surface area (Å²) in [6.07, 6.45) is 3.20. The molecule has 0 heterocycles. The molecule has 1 aromatic carbocycles. The molecular formula is C15H23FN2O2. The number of aliphatic hydroxyl groups excluding tert-OH is 1. The average Bonchev–Trinajstić information content (AvgIpc) is 2.45. The first kappa shape index (κ1) is 16.6. The Bertz CT molecular complexity index is 413. The fraction of sp³-hybridized carbons (Fsp3) is 0.533. The van der Waals surface area contributed by atoms with Gasteiger partial charge in [0.2, 0.25) is 5.91 Å². The number of nitrogens with one attached hydrogen (secondary N) is 1. The molecule has 112 valence electrons. The predicted molar refractivity (Wildman–Crippen MR) is 76.5 cm³/mol. The quantitative estimate of drug-likeness (QED) is 0.605. The Hall–Kier alpha value is -1.46. The highest BCUT2D eigenvalue weighted by molar-refractivity contribution is 5.75. The molecule has 0 aliphatic carbocycles. The van der Waals surface area contributed by atoms with Gasteiger partial charge in [-0.2, -0.15) is 0 Å². The Morgan fingerprint density at radius 2 is 1.95 bits per heavy atom. The fourth-order valence-corrected chi connectivity index (χ4v) is 1.94. The van der Waals surface area contributed by atoms with Crippen LogP contribution in [0.1, 0.15) is 43.8 Å². The van der Waals surface area contributed by atoms with E-state index in [1.165, 1.54) is 12.1 Å². The number of unbranched alkanes of at least 4 members (excludes halogenated alkanes) is 3. The monoisotopic (exact) mass is 282 g/mol. The van der Waals surface area contributed by atoms with Crippen molar-refractivity contribution in [1.82, 2.24) is 5.32 Å². The number of carbonyl (C=O) groups excluding carboxylic acids is 1. The van der Waals surface area contributed by atoms with E-state index in [9.17, 15) is 14.3 Å². The SMILES string of the molecule is NCCCCCCC(=O)NCC(O)c1ccccc1F. The summed E-state index contributed by atoms with van der Waals surface area (Å²) in [5.41, 5.74) is 5.59. The van der Waals surface area contributed by atoms with E-state index in [0.717, 1.165) is 25.7 Å². The second-order valence-electron chi connectivity index (χ2n) is 4.79. The van der Waals surface area contributed by atoms with Gasteiger partial charge in [0.1, 0.15) is 5.82 Å². The van der Waals surface area contributed by atoms with E-state index in [4.69, 9.17) is 5.73 Å². The van der Waals surface area contributed by atoms with Crippen LogP contribution in [0.25, 0.3) is 0 Å². The van der Waals surface area contributed by atoms with Gasteiger partial charge < -0.3 is 16.2 Å². The predicted octanol–water partition coefficient (Wildman–Crippen LogP) is 1.88. The molecule has 5 heteroatoms. The summed E-state index contributed by atoms with van der Waals surface area (Å²) in [6, 6.07) is 6.02. The van der Waals surface area contributed by atoms with Gasteiger partial charge in [0.25, 0.3) is 0 Å². The second kappa shape index (κ2) is 9.44. The van der Waals surface area contributed by atoms with Crippen molar-refractivity contribution in [2.75, 3.05) is 13.1 Å². The van der Waals surface area contributed by atoms with Gasteiger partial charge in [-0.15, -0.1) is 0 Å². The van der Waals surface area contributed by atoms with Crippen LogP contribution < -0.4 is 11.1 Å². The van der Waals surface area contributed by atoms with E-state index < -0.39 is 11.9 Å². The number of amides is 1. The Balaban J connectivity index is 2.22. The van der Waals surface area contributed by atoms with Crippen molar-refractivity contribution in [2.45, 2.75) is 38.2 Å². The maximum atomic E-state index is 13.4. The number of benzene rings is 1. The van der Waals surface area contributed by atoms with Crippen molar-refractivity contribution in [3.05, 3.63) is 35.6 Å². The third-order valence-corrected chi connectivity index (χ3v) is 3.11. The van der Waals surface area contributed by atoms with Crippen LogP contribution in [0, 0.1) is 5.82 Å². The van der Waals surface area contributed by atoms with E-state index in [1.54, 1.807) is 12.1 Å². The molecule has 0 aliphatic rings. The number of carbonyl (C=O) groups is 1. The molecule has 4 N–H and O–H groups in total. The van der Waals surface area contributed by atoms with Gasteiger partial charge in [-0.25, -0.2) is 4.39 Å². The topological polar surface area (TPSA) is 75.4 Å².